The number of rotatable bonds is 9. The maximum absolute atomic E-state index is 13.6. The number of nitrogens with one attached hydrogen (secondary N) is 2. The lowest BCUT2D eigenvalue weighted by atomic mass is 9.96. The Labute approximate surface area is 182 Å². The molecule has 0 aliphatic carbocycles. The molecule has 0 unspecified atom stereocenters. The van der Waals surface area contributed by atoms with Crippen LogP contribution in [0.15, 0.2) is 48.5 Å². The van der Waals surface area contributed by atoms with E-state index in [0.717, 1.165) is 11.3 Å². The van der Waals surface area contributed by atoms with E-state index in [1.54, 1.807) is 25.3 Å². The van der Waals surface area contributed by atoms with Crippen molar-refractivity contribution in [2.24, 2.45) is 5.92 Å². The first-order valence-corrected chi connectivity index (χ1v) is 10.7. The number of hydrogen-bond acceptors (Lipinski definition) is 4. The summed E-state index contributed by atoms with van der Waals surface area (Å²) in [6.45, 7) is 2.56. The topological polar surface area (TPSA) is 70.7 Å². The molecule has 0 spiro atoms. The fourth-order valence-electron chi connectivity index (χ4n) is 3.82. The number of ether oxygens (including phenoxy) is 1. The van der Waals surface area contributed by atoms with E-state index in [0.29, 0.717) is 57.5 Å². The van der Waals surface area contributed by atoms with Crippen molar-refractivity contribution in [3.05, 3.63) is 65.5 Å². The van der Waals surface area contributed by atoms with Gasteiger partial charge in [-0.15, -0.1) is 0 Å². The number of piperidine rings is 1. The zero-order chi connectivity index (χ0) is 22.1. The van der Waals surface area contributed by atoms with Gasteiger partial charge in [0, 0.05) is 24.6 Å². The summed E-state index contributed by atoms with van der Waals surface area (Å²) in [5.41, 5.74) is 1.54. The number of halogens is 1. The van der Waals surface area contributed by atoms with Gasteiger partial charge in [-0.1, -0.05) is 36.4 Å². The molecule has 2 aromatic rings. The van der Waals surface area contributed by atoms with E-state index in [-0.39, 0.29) is 23.5 Å². The molecule has 2 aromatic carbocycles. The molecule has 7 heteroatoms. The van der Waals surface area contributed by atoms with Gasteiger partial charge in [0.05, 0.1) is 13.7 Å². The van der Waals surface area contributed by atoms with Crippen LogP contribution in [0, 0.1) is 11.7 Å². The normalized spacial score (nSPS) is 14.8. The van der Waals surface area contributed by atoms with Crippen molar-refractivity contribution in [3.63, 3.8) is 0 Å². The molecule has 31 heavy (non-hydrogen) atoms. The maximum atomic E-state index is 13.6. The summed E-state index contributed by atoms with van der Waals surface area (Å²) in [7, 11) is 1.61. The van der Waals surface area contributed by atoms with Crippen molar-refractivity contribution in [1.82, 2.24) is 15.5 Å². The number of carbonyl (C=O) groups excluding carboxylic acids is 2. The second kappa shape index (κ2) is 11.5. The van der Waals surface area contributed by atoms with Crippen LogP contribution in [-0.4, -0.2) is 50.0 Å². The number of methoxy groups -OCH3 is 1. The summed E-state index contributed by atoms with van der Waals surface area (Å²) in [5.74, 6) is 0.419. The van der Waals surface area contributed by atoms with Crippen molar-refractivity contribution >= 4 is 11.8 Å². The summed E-state index contributed by atoms with van der Waals surface area (Å²) < 4.78 is 19.0. The van der Waals surface area contributed by atoms with Gasteiger partial charge in [0.25, 0.3) is 0 Å². The third-order valence-corrected chi connectivity index (χ3v) is 5.65. The second-order valence-electron chi connectivity index (χ2n) is 7.77. The summed E-state index contributed by atoms with van der Waals surface area (Å²) in [5, 5.41) is 5.85. The van der Waals surface area contributed by atoms with E-state index >= 15 is 0 Å². The van der Waals surface area contributed by atoms with Crippen molar-refractivity contribution in [1.29, 1.82) is 0 Å². The molecule has 1 saturated heterocycles. The van der Waals surface area contributed by atoms with Gasteiger partial charge in [-0.05, 0) is 50.0 Å². The number of likely N-dealkylation sites (tertiary alicyclic amines) is 1. The van der Waals surface area contributed by atoms with Crippen molar-refractivity contribution < 1.29 is 18.7 Å². The van der Waals surface area contributed by atoms with Crippen molar-refractivity contribution in [2.75, 3.05) is 33.3 Å². The second-order valence-corrected chi connectivity index (χ2v) is 7.77. The van der Waals surface area contributed by atoms with Crippen LogP contribution >= 0.6 is 0 Å². The molecule has 1 aliphatic rings. The van der Waals surface area contributed by atoms with Gasteiger partial charge in [-0.25, -0.2) is 4.39 Å². The molecule has 0 radical (unpaired) electrons. The summed E-state index contributed by atoms with van der Waals surface area (Å²) >= 11 is 0. The van der Waals surface area contributed by atoms with Gasteiger partial charge in [-0.2, -0.15) is 0 Å². The summed E-state index contributed by atoms with van der Waals surface area (Å²) in [4.78, 5) is 26.8. The first-order valence-electron chi connectivity index (χ1n) is 10.7. The van der Waals surface area contributed by atoms with E-state index in [9.17, 15) is 14.0 Å². The highest BCUT2D eigenvalue weighted by atomic mass is 19.1. The van der Waals surface area contributed by atoms with E-state index in [2.05, 4.69) is 15.5 Å². The average Bonchev–Trinajstić information content (AvgIpc) is 2.79. The number of benzene rings is 2. The highest BCUT2D eigenvalue weighted by Crippen LogP contribution is 2.18. The van der Waals surface area contributed by atoms with Crippen LogP contribution in [0.3, 0.4) is 0 Å². The highest BCUT2D eigenvalue weighted by molar-refractivity contribution is 5.79. The molecule has 1 heterocycles. The molecular weight excluding hydrogens is 397 g/mol. The molecule has 2 N–H and O–H groups in total. The van der Waals surface area contributed by atoms with Gasteiger partial charge in [0.2, 0.25) is 11.8 Å². The van der Waals surface area contributed by atoms with E-state index < -0.39 is 0 Å². The zero-order valence-electron chi connectivity index (χ0n) is 17.9. The molecule has 2 amide bonds. The number of nitrogens with zero attached hydrogens (tertiary/aromatic N) is 1. The molecule has 0 atom stereocenters. The van der Waals surface area contributed by atoms with Crippen molar-refractivity contribution in [3.8, 4) is 5.75 Å². The Balaban J connectivity index is 1.34. The Hall–Kier alpha value is -2.93. The van der Waals surface area contributed by atoms with Crippen LogP contribution < -0.4 is 15.4 Å². The molecule has 166 valence electrons. The van der Waals surface area contributed by atoms with Crippen LogP contribution in [-0.2, 0) is 22.6 Å². The predicted octanol–water partition coefficient (Wildman–Crippen LogP) is 2.52. The fraction of sp³-hybridized carbons (Fsp3) is 0.417. The lowest BCUT2D eigenvalue weighted by molar-refractivity contribution is -0.126. The van der Waals surface area contributed by atoms with Crippen LogP contribution in [0.2, 0.25) is 0 Å². The van der Waals surface area contributed by atoms with Crippen LogP contribution in [0.1, 0.15) is 24.0 Å². The van der Waals surface area contributed by atoms with Crippen LogP contribution in [0.4, 0.5) is 4.39 Å². The van der Waals surface area contributed by atoms with E-state index in [1.807, 2.05) is 24.3 Å². The third-order valence-electron chi connectivity index (χ3n) is 5.65. The fourth-order valence-corrected chi connectivity index (χ4v) is 3.82. The molecule has 3 rings (SSSR count). The summed E-state index contributed by atoms with van der Waals surface area (Å²) in [6, 6.07) is 14.2. The lowest BCUT2D eigenvalue weighted by Crippen LogP contribution is -2.44. The van der Waals surface area contributed by atoms with Gasteiger partial charge >= 0.3 is 0 Å². The third kappa shape index (κ3) is 6.79. The van der Waals surface area contributed by atoms with Crippen LogP contribution in [0.25, 0.3) is 0 Å². The minimum Gasteiger partial charge on any atom is -0.496 e. The van der Waals surface area contributed by atoms with Gasteiger partial charge in [-0.3, -0.25) is 14.5 Å². The summed E-state index contributed by atoms with van der Waals surface area (Å²) in [6.07, 6.45) is 1.90. The van der Waals surface area contributed by atoms with Crippen molar-refractivity contribution in [2.45, 2.75) is 25.8 Å². The number of amides is 2. The zero-order valence-corrected chi connectivity index (χ0v) is 17.9. The Morgan fingerprint density at radius 3 is 2.42 bits per heavy atom. The van der Waals surface area contributed by atoms with Gasteiger partial charge in [0.15, 0.2) is 0 Å². The largest absolute Gasteiger partial charge is 0.496 e. The van der Waals surface area contributed by atoms with Crippen LogP contribution in [0.5, 0.6) is 5.75 Å². The standard InChI is InChI=1S/C24H30FN3O3/c1-31-22-9-5-3-7-20(22)16-27-23(29)17-28-14-11-19(12-15-28)24(30)26-13-10-18-6-2-4-8-21(18)25/h2-9,19H,10-17H2,1H3,(H,26,30)(H,27,29). The Kier molecular flexibility index (Phi) is 8.41. The predicted molar refractivity (Wildman–Crippen MR) is 117 cm³/mol. The number of para-hydroxylation sites is 1. The minimum absolute atomic E-state index is 0.0108. The lowest BCUT2D eigenvalue weighted by Gasteiger charge is -2.30. The monoisotopic (exact) mass is 427 g/mol. The first-order chi connectivity index (χ1) is 15.1. The molecule has 6 nitrogen and oxygen atoms in total. The number of hydrogen-bond donors (Lipinski definition) is 2. The smallest absolute Gasteiger partial charge is 0.234 e. The number of carbonyl (C=O) groups is 2. The van der Waals surface area contributed by atoms with Gasteiger partial charge < -0.3 is 15.4 Å². The Morgan fingerprint density at radius 2 is 1.71 bits per heavy atom. The highest BCUT2D eigenvalue weighted by Gasteiger charge is 2.25. The maximum Gasteiger partial charge on any atom is 0.234 e. The minimum atomic E-state index is -0.242. The molecule has 0 saturated carbocycles. The van der Waals surface area contributed by atoms with E-state index in [4.69, 9.17) is 4.74 Å². The quantitative estimate of drug-likeness (QED) is 0.645. The Morgan fingerprint density at radius 1 is 1.03 bits per heavy atom. The molecule has 1 fully saturated rings. The molecule has 0 aromatic heterocycles. The first kappa shape index (κ1) is 22.7. The molecular formula is C24H30FN3O3. The average molecular weight is 428 g/mol. The van der Waals surface area contributed by atoms with Gasteiger partial charge in [0.1, 0.15) is 11.6 Å². The van der Waals surface area contributed by atoms with E-state index in [1.165, 1.54) is 6.07 Å². The molecule has 1 aliphatic heterocycles. The Bertz CT molecular complexity index is 882. The SMILES string of the molecule is COc1ccccc1CNC(=O)CN1CCC(C(=O)NCCc2ccccc2F)CC1. The molecule has 0 bridgehead atoms.